The average molecular weight is 1680 g/mol. The van der Waals surface area contributed by atoms with Crippen molar-refractivity contribution in [2.24, 2.45) is 11.8 Å². The Morgan fingerprint density at radius 1 is 0.466 bits per heavy atom. The number of rotatable bonds is 41. The number of ether oxygens (including phenoxy) is 19. The van der Waals surface area contributed by atoms with Crippen molar-refractivity contribution >= 4 is 29.8 Å². The molecule has 0 aromatic rings. The first-order chi connectivity index (χ1) is 55.0. The molecule has 1 unspecified atom stereocenters. The minimum atomic E-state index is -2.27. The minimum Gasteiger partial charge on any atom is -0.469 e. The van der Waals surface area contributed by atoms with Gasteiger partial charge in [-0.25, -0.2) is 4.79 Å². The molecule has 0 amide bonds. The Kier molecular flexibility index (Phi) is 38.6. The summed E-state index contributed by atoms with van der Waals surface area (Å²) in [6.45, 7) is 12.9. The molecular formula is C78H130O38. The molecule has 8 heterocycles. The number of allylic oxidation sites excluding steroid dienone is 1. The molecule has 8 saturated heterocycles. The Balaban J connectivity index is 1.23. The van der Waals surface area contributed by atoms with Crippen LogP contribution >= 0.6 is 0 Å². The van der Waals surface area contributed by atoms with Gasteiger partial charge < -0.3 is 161 Å². The predicted octanol–water partition coefficient (Wildman–Crippen LogP) is -0.691. The number of methoxy groups -OCH3 is 1. The lowest BCUT2D eigenvalue weighted by atomic mass is 9.95. The molecule has 8 aliphatic rings. The third-order valence-corrected chi connectivity index (χ3v) is 22.3. The maximum atomic E-state index is 15.1. The van der Waals surface area contributed by atoms with E-state index in [-0.39, 0.29) is 49.2 Å². The van der Waals surface area contributed by atoms with Crippen molar-refractivity contribution in [1.82, 2.24) is 0 Å². The molecule has 35 atom stereocenters. The van der Waals surface area contributed by atoms with Gasteiger partial charge in [0.1, 0.15) is 123 Å². The number of esters is 5. The molecule has 0 aromatic heterocycles. The second-order valence-corrected chi connectivity index (χ2v) is 32.6. The normalized spacial score (nSPS) is 40.2. The van der Waals surface area contributed by atoms with E-state index < -0.39 is 271 Å². The molecule has 0 radical (unpaired) electrons. The Morgan fingerprint density at radius 3 is 1.63 bits per heavy atom. The standard InChI is InChI=1S/C78H130O38/c1-12-14-22-43(23-20-18-16-15-17-19-21-42(81)30-49(82)98-11)103-75-67(60(93)55(88)48(107-75)35-100-72-61(94)58(91)53(86)40(9)101-72)112-77-69(66(57(90)46(33-80)105-77)111-73-62(95)59(92)54(87)47(106-73)34-99-50(83)28-36(3)4)114-76-70(109-52(85)31-44-25-27-78(116-44)26-24-39(8)115-78)68(64(41(10)102-76)110-71(97)38(7)13-2)113-74-63(96)65(56(89)45(32-79)104-74)108-51(84)29-37(5)6/h13,36-37,39-48,53-70,72-77,79-81,86-96H,12,14-35H2,1-11H3/b38-13+/t39-,40+,41+,42+,43+,44+,45-,46-,47-,48-,53+,54-,55-,56-,57-,58-,59+,60+,61-,62-,63-,64+,65+,66+,67-,68-,69-,70-,72-,73+,74+,75-,76+,77+,78?/m1/s1. The molecule has 38 heteroatoms. The van der Waals surface area contributed by atoms with E-state index in [9.17, 15) is 90.7 Å². The van der Waals surface area contributed by atoms with Gasteiger partial charge in [0.25, 0.3) is 0 Å². The van der Waals surface area contributed by atoms with Gasteiger partial charge in [-0.2, -0.15) is 0 Å². The Hall–Kier alpha value is -4.03. The van der Waals surface area contributed by atoms with E-state index in [1.165, 1.54) is 40.9 Å². The van der Waals surface area contributed by atoms with Gasteiger partial charge in [0.2, 0.25) is 0 Å². The van der Waals surface area contributed by atoms with Gasteiger partial charge in [-0.1, -0.05) is 92.1 Å². The molecule has 0 aromatic carbocycles. The fourth-order valence-corrected chi connectivity index (χ4v) is 15.4. The first-order valence-corrected chi connectivity index (χ1v) is 41.1. The van der Waals surface area contributed by atoms with Crippen molar-refractivity contribution in [1.29, 1.82) is 0 Å². The molecule has 8 fully saturated rings. The monoisotopic (exact) mass is 1670 g/mol. The Bertz CT molecular complexity index is 3020. The third kappa shape index (κ3) is 26.3. The highest BCUT2D eigenvalue weighted by Gasteiger charge is 2.61. The number of hydrogen-bond donors (Lipinski definition) is 14. The summed E-state index contributed by atoms with van der Waals surface area (Å²) >= 11 is 0. The lowest BCUT2D eigenvalue weighted by Crippen LogP contribution is -2.69. The number of unbranched alkanes of at least 4 members (excludes halogenated alkanes) is 6. The quantitative estimate of drug-likeness (QED) is 0.0156. The summed E-state index contributed by atoms with van der Waals surface area (Å²) in [6.07, 6.45) is -52.0. The van der Waals surface area contributed by atoms with Gasteiger partial charge in [0, 0.05) is 31.3 Å². The zero-order valence-corrected chi connectivity index (χ0v) is 68.2. The van der Waals surface area contributed by atoms with E-state index in [1.54, 1.807) is 27.7 Å². The highest BCUT2D eigenvalue weighted by atomic mass is 16.8. The molecule has 0 saturated carbocycles. The van der Waals surface area contributed by atoms with Crippen LogP contribution in [-0.4, -0.2) is 349 Å². The van der Waals surface area contributed by atoms with Crippen LogP contribution in [0, 0.1) is 11.8 Å². The minimum absolute atomic E-state index is 0.0282. The summed E-state index contributed by atoms with van der Waals surface area (Å²) in [5.41, 5.74) is 0.0282. The molecule has 1 spiro atoms. The number of hydrogen-bond acceptors (Lipinski definition) is 38. The summed E-state index contributed by atoms with van der Waals surface area (Å²) in [5.74, 6) is -5.73. The number of carbonyl (C=O) groups is 5. The summed E-state index contributed by atoms with van der Waals surface area (Å²) < 4.78 is 118. The number of aliphatic hydroxyl groups is 14. The van der Waals surface area contributed by atoms with Crippen LogP contribution in [0.5, 0.6) is 0 Å². The van der Waals surface area contributed by atoms with Crippen LogP contribution in [0.4, 0.5) is 0 Å². The van der Waals surface area contributed by atoms with Crippen molar-refractivity contribution in [3.05, 3.63) is 11.6 Å². The van der Waals surface area contributed by atoms with Crippen molar-refractivity contribution in [2.45, 2.75) is 406 Å². The zero-order valence-electron chi connectivity index (χ0n) is 68.2. The highest BCUT2D eigenvalue weighted by molar-refractivity contribution is 5.87. The second kappa shape index (κ2) is 45.9. The summed E-state index contributed by atoms with van der Waals surface area (Å²) in [6, 6.07) is 0. The van der Waals surface area contributed by atoms with Gasteiger partial charge in [-0.3, -0.25) is 19.2 Å². The van der Waals surface area contributed by atoms with Crippen LogP contribution in [0.15, 0.2) is 11.6 Å². The van der Waals surface area contributed by atoms with E-state index in [1.807, 2.05) is 13.8 Å². The van der Waals surface area contributed by atoms with Crippen molar-refractivity contribution < 1.29 is 185 Å². The largest absolute Gasteiger partial charge is 0.469 e. The average Bonchev–Trinajstić information content (AvgIpc) is 1.01. The Morgan fingerprint density at radius 2 is 0.991 bits per heavy atom. The highest BCUT2D eigenvalue weighted by Crippen LogP contribution is 2.45. The van der Waals surface area contributed by atoms with E-state index in [4.69, 9.17) is 85.3 Å². The van der Waals surface area contributed by atoms with Gasteiger partial charge in [-0.05, 0) is 78.6 Å². The van der Waals surface area contributed by atoms with Crippen LogP contribution in [0.2, 0.25) is 0 Å². The first kappa shape index (κ1) is 97.4. The van der Waals surface area contributed by atoms with Gasteiger partial charge in [0.15, 0.2) is 61.8 Å². The van der Waals surface area contributed by atoms with E-state index >= 15 is 4.79 Å². The van der Waals surface area contributed by atoms with Crippen molar-refractivity contribution in [3.63, 3.8) is 0 Å². The number of carbonyl (C=O) groups excluding carboxylic acids is 5. The molecule has 8 rings (SSSR count). The van der Waals surface area contributed by atoms with Crippen molar-refractivity contribution in [3.8, 4) is 0 Å². The predicted molar refractivity (Wildman–Crippen MR) is 393 cm³/mol. The van der Waals surface area contributed by atoms with E-state index in [2.05, 4.69) is 4.74 Å². The molecule has 0 bridgehead atoms. The molecule has 116 heavy (non-hydrogen) atoms. The lowest BCUT2D eigenvalue weighted by molar-refractivity contribution is -0.414. The van der Waals surface area contributed by atoms with Crippen LogP contribution in [-0.2, 0) is 114 Å². The second-order valence-electron chi connectivity index (χ2n) is 32.6. The number of aliphatic hydroxyl groups excluding tert-OH is 14. The van der Waals surface area contributed by atoms with Crippen molar-refractivity contribution in [2.75, 3.05) is 33.5 Å². The van der Waals surface area contributed by atoms with Crippen LogP contribution in [0.25, 0.3) is 0 Å². The maximum absolute atomic E-state index is 15.1. The molecule has 14 N–H and O–H groups in total. The zero-order chi connectivity index (χ0) is 85.2. The Labute approximate surface area is 675 Å². The first-order valence-electron chi connectivity index (χ1n) is 41.1. The van der Waals surface area contributed by atoms with E-state index in [0.29, 0.717) is 70.6 Å². The van der Waals surface area contributed by atoms with E-state index in [0.717, 1.165) is 19.3 Å². The molecule has 670 valence electrons. The molecule has 38 nitrogen and oxygen atoms in total. The molecular weight excluding hydrogens is 1540 g/mol. The summed E-state index contributed by atoms with van der Waals surface area (Å²) in [5, 5.41) is 161. The van der Waals surface area contributed by atoms with Gasteiger partial charge in [-0.15, -0.1) is 0 Å². The fourth-order valence-electron chi connectivity index (χ4n) is 15.4. The SMILES string of the molecule is C/C=C(\C)C(=O)O[C@@H]1[C@@H](O[C@@H]2O[C@H](CO)[C@@H](O)[C@H](OC(=O)CC(C)C)[C@H]2O)[C@@H](OC(=O)C[C@@H]2CCC3(CC[C@@H](C)O3)O2)[C@H](O[C@H]2[C@H](O[C@H]3[C@H](O[C@@H](CCCC)CCCCCCCC[C@H](O)CC(=O)OC)O[C@H](CO[C@@H]4O[C@@H](C)[C@H](O)[C@@H](O)[C@H]4O)[C@@H](O)[C@@H]3O)O[C@H](CO)[C@@H](O)[C@@H]2O[C@@H]2O[C@H](COC(=O)CC(C)C)[C@@H](O)[C@H](O)[C@H]2O)O[C@H]1C. The topological polar surface area (TPSA) is 544 Å². The van der Waals surface area contributed by atoms with Gasteiger partial charge >= 0.3 is 29.8 Å². The third-order valence-electron chi connectivity index (χ3n) is 22.3. The van der Waals surface area contributed by atoms with Crippen LogP contribution in [0.3, 0.4) is 0 Å². The van der Waals surface area contributed by atoms with Crippen LogP contribution in [0.1, 0.15) is 191 Å². The van der Waals surface area contributed by atoms with Gasteiger partial charge in [0.05, 0.1) is 76.4 Å². The summed E-state index contributed by atoms with van der Waals surface area (Å²) in [4.78, 5) is 67.4. The summed E-state index contributed by atoms with van der Waals surface area (Å²) in [7, 11) is 1.25. The smallest absolute Gasteiger partial charge is 0.333 e. The molecule has 8 aliphatic heterocycles. The fraction of sp³-hybridized carbons (Fsp3) is 0.910. The lowest BCUT2D eigenvalue weighted by Gasteiger charge is -2.51. The maximum Gasteiger partial charge on any atom is 0.333 e. The molecule has 0 aliphatic carbocycles. The van der Waals surface area contributed by atoms with Crippen LogP contribution < -0.4 is 0 Å².